The lowest BCUT2D eigenvalue weighted by Crippen LogP contribution is -2.02. The van der Waals surface area contributed by atoms with E-state index in [4.69, 9.17) is 8.83 Å². The van der Waals surface area contributed by atoms with Crippen molar-refractivity contribution in [1.29, 1.82) is 0 Å². The molecule has 10 rings (SSSR count). The molecule has 0 aliphatic heterocycles. The molecule has 10 heteroatoms. The zero-order valence-electron chi connectivity index (χ0n) is 26.2. The molecule has 10 nitrogen and oxygen atoms in total. The Morgan fingerprint density at radius 1 is 0.420 bits per heavy atom. The van der Waals surface area contributed by atoms with Gasteiger partial charge >= 0.3 is 11.3 Å². The summed E-state index contributed by atoms with van der Waals surface area (Å²) in [6.07, 6.45) is 5.82. The molecule has 0 saturated heterocycles. The summed E-state index contributed by atoms with van der Waals surface area (Å²) in [6, 6.07) is 32.6. The quantitative estimate of drug-likeness (QED) is 0.174. The van der Waals surface area contributed by atoms with Gasteiger partial charge < -0.3 is 18.8 Å². The van der Waals surface area contributed by atoms with Crippen molar-refractivity contribution < 1.29 is 8.83 Å². The van der Waals surface area contributed by atoms with Crippen LogP contribution in [0.15, 0.2) is 174 Å². The van der Waals surface area contributed by atoms with Gasteiger partial charge in [0, 0.05) is 24.8 Å². The predicted molar refractivity (Wildman–Crippen MR) is 196 cm³/mol. The van der Waals surface area contributed by atoms with Crippen molar-refractivity contribution in [1.82, 2.24) is 19.9 Å². The van der Waals surface area contributed by atoms with Gasteiger partial charge in [-0.15, -0.1) is 0 Å². The molecule has 5 heterocycles. The van der Waals surface area contributed by atoms with Crippen molar-refractivity contribution in [2.45, 2.75) is 0 Å². The van der Waals surface area contributed by atoms with Gasteiger partial charge in [-0.05, 0) is 72.8 Å². The summed E-state index contributed by atoms with van der Waals surface area (Å²) >= 11 is 0. The number of benzene rings is 5. The van der Waals surface area contributed by atoms with Gasteiger partial charge in [0.05, 0.1) is 54.4 Å². The first-order chi connectivity index (χ1) is 24.4. The highest BCUT2D eigenvalue weighted by atomic mass is 16.4. The van der Waals surface area contributed by atoms with Crippen LogP contribution in [0.4, 0.5) is 0 Å². The largest absolute Gasteiger partial charge is 0.422 e. The normalized spacial score (nSPS) is 10.7. The van der Waals surface area contributed by atoms with Crippen LogP contribution in [0.1, 0.15) is 0 Å². The molecule has 4 bridgehead atoms. The molecule has 0 amide bonds. The minimum Gasteiger partial charge on any atom is -0.422 e. The van der Waals surface area contributed by atoms with Crippen LogP contribution in [0.3, 0.4) is 0 Å². The third kappa shape index (κ3) is 6.62. The molecule has 0 spiro atoms. The lowest BCUT2D eigenvalue weighted by atomic mass is 10.2. The van der Waals surface area contributed by atoms with Gasteiger partial charge in [0.15, 0.2) is 10.9 Å². The second-order valence-corrected chi connectivity index (χ2v) is 11.0. The Bertz CT molecular complexity index is 2700. The van der Waals surface area contributed by atoms with Gasteiger partial charge in [-0.3, -0.25) is 19.6 Å². The fourth-order valence-electron chi connectivity index (χ4n) is 5.19. The highest BCUT2D eigenvalue weighted by Gasteiger charge is 2.03. The van der Waals surface area contributed by atoms with Crippen molar-refractivity contribution >= 4 is 65.6 Å². The SMILES string of the molecule is O=c1oc2ccccc2c(=O)c2cnc3ccccc3[nH]cc(cnc3ccccc3[nH]c2)c(=O)c2ccccc2oc(=O)c2ccc1cc2. The molecule has 0 unspecified atom stereocenters. The molecular formula is C40H26N4O6. The minimum absolute atomic E-state index is 0.0350. The van der Waals surface area contributed by atoms with Crippen LogP contribution in [0.5, 0.6) is 0 Å². The van der Waals surface area contributed by atoms with E-state index in [2.05, 4.69) is 19.9 Å². The van der Waals surface area contributed by atoms with Gasteiger partial charge in [-0.1, -0.05) is 48.5 Å². The van der Waals surface area contributed by atoms with E-state index in [-0.39, 0.29) is 43.5 Å². The Morgan fingerprint density at radius 3 is 1.24 bits per heavy atom. The van der Waals surface area contributed by atoms with Gasteiger partial charge in [0.1, 0.15) is 11.2 Å². The zero-order chi connectivity index (χ0) is 34.5. The summed E-state index contributed by atoms with van der Waals surface area (Å²) in [5.74, 6) is 0. The molecule has 10 aromatic rings. The molecule has 0 aliphatic rings. The number of hydrogen-bond acceptors (Lipinski definition) is 8. The summed E-state index contributed by atoms with van der Waals surface area (Å²) < 4.78 is 11.4. The number of aromatic amines is 2. The second kappa shape index (κ2) is 13.9. The molecule has 0 radical (unpaired) electrons. The number of nitrogens with one attached hydrogen (secondary N) is 2. The van der Waals surface area contributed by atoms with Gasteiger partial charge in [0.25, 0.3) is 0 Å². The molecule has 242 valence electrons. The maximum Gasteiger partial charge on any atom is 0.343 e. The standard InChI is InChI=1S/C40H26N4O6/c45-37-27-21-41-31-11-3-5-13-33(31)43-23-28(24-44-34-14-6-4-12-32(34)42-22-27)38(46)30-10-2-8-16-36(30)50-40(48)26-19-17-25(18-20-26)39(47)49-35-15-7-1-9-29(35)37/h1-24,41,44H. The van der Waals surface area contributed by atoms with Crippen molar-refractivity contribution in [3.05, 3.63) is 187 Å². The predicted octanol–water partition coefficient (Wildman–Crippen LogP) is 7.18. The molecule has 5 aromatic carbocycles. The van der Waals surface area contributed by atoms with Crippen LogP contribution in [-0.2, 0) is 0 Å². The Hall–Kier alpha value is -7.20. The molecule has 5 aromatic heterocycles. The van der Waals surface area contributed by atoms with E-state index in [0.29, 0.717) is 22.1 Å². The van der Waals surface area contributed by atoms with Gasteiger partial charge in [0.2, 0.25) is 0 Å². The van der Waals surface area contributed by atoms with Crippen molar-refractivity contribution in [2.75, 3.05) is 0 Å². The average molecular weight is 659 g/mol. The molecular weight excluding hydrogens is 632 g/mol. The highest BCUT2D eigenvalue weighted by Crippen LogP contribution is 2.11. The van der Waals surface area contributed by atoms with E-state index in [1.54, 1.807) is 84.9 Å². The Morgan fingerprint density at radius 2 is 0.800 bits per heavy atom. The molecule has 0 fully saturated rings. The van der Waals surface area contributed by atoms with Gasteiger partial charge in [-0.25, -0.2) is 9.59 Å². The first kappa shape index (κ1) is 31.4. The van der Waals surface area contributed by atoms with Crippen LogP contribution in [0, 0.1) is 0 Å². The van der Waals surface area contributed by atoms with Crippen molar-refractivity contribution in [2.24, 2.45) is 0 Å². The summed E-state index contributed by atoms with van der Waals surface area (Å²) in [5.41, 5.74) is -0.392. The van der Waals surface area contributed by atoms with E-state index in [1.165, 1.54) is 61.2 Å². The number of hydrogen-bond donors (Lipinski definition) is 2. The fraction of sp³-hybridized carbons (Fsp3) is 0. The lowest BCUT2D eigenvalue weighted by Gasteiger charge is -1.95. The first-order valence-corrected chi connectivity index (χ1v) is 15.5. The molecule has 2 N–H and O–H groups in total. The van der Waals surface area contributed by atoms with Crippen LogP contribution >= 0.6 is 0 Å². The summed E-state index contributed by atoms with van der Waals surface area (Å²) in [4.78, 5) is 70.4. The van der Waals surface area contributed by atoms with Crippen LogP contribution in [0.25, 0.3) is 65.6 Å². The number of rotatable bonds is 0. The van der Waals surface area contributed by atoms with Crippen molar-refractivity contribution in [3.63, 3.8) is 0 Å². The van der Waals surface area contributed by atoms with E-state index in [0.717, 1.165) is 0 Å². The Labute approximate surface area is 281 Å². The number of aromatic nitrogens is 4. The molecule has 0 aliphatic carbocycles. The number of H-pyrrole nitrogens is 2. The van der Waals surface area contributed by atoms with E-state index in [9.17, 15) is 19.2 Å². The minimum atomic E-state index is -0.742. The van der Waals surface area contributed by atoms with Crippen LogP contribution in [0.2, 0.25) is 0 Å². The Balaban J connectivity index is 1.80. The van der Waals surface area contributed by atoms with Crippen LogP contribution in [-0.4, -0.2) is 19.9 Å². The maximum atomic E-state index is 14.1. The maximum absolute atomic E-state index is 14.1. The second-order valence-electron chi connectivity index (χ2n) is 11.0. The van der Waals surface area contributed by atoms with Crippen LogP contribution < -0.4 is 22.1 Å². The highest BCUT2D eigenvalue weighted by molar-refractivity contribution is 5.82. The summed E-state index contributed by atoms with van der Waals surface area (Å²) in [7, 11) is 0. The lowest BCUT2D eigenvalue weighted by molar-refractivity contribution is 0.569. The third-order valence-corrected chi connectivity index (χ3v) is 7.81. The monoisotopic (exact) mass is 658 g/mol. The molecule has 0 atom stereocenters. The van der Waals surface area contributed by atoms with Gasteiger partial charge in [-0.2, -0.15) is 0 Å². The van der Waals surface area contributed by atoms with E-state index < -0.39 is 22.1 Å². The topological polar surface area (TPSA) is 152 Å². The van der Waals surface area contributed by atoms with Crippen molar-refractivity contribution in [3.8, 4) is 0 Å². The summed E-state index contributed by atoms with van der Waals surface area (Å²) in [5, 5.41) is 0.798. The molecule has 0 saturated carbocycles. The number of nitrogens with zero attached hydrogens (tertiary/aromatic N) is 2. The fourth-order valence-corrected chi connectivity index (χ4v) is 5.19. The average Bonchev–Trinajstić information content (AvgIpc) is 3.15. The Kier molecular flexibility index (Phi) is 8.72. The third-order valence-electron chi connectivity index (χ3n) is 7.81. The summed E-state index contributed by atoms with van der Waals surface area (Å²) in [6.45, 7) is 0. The van der Waals surface area contributed by atoms with E-state index in [1.807, 2.05) is 0 Å². The smallest absolute Gasteiger partial charge is 0.343 e. The van der Waals surface area contributed by atoms with E-state index >= 15 is 0 Å². The molecule has 50 heavy (non-hydrogen) atoms. The first-order valence-electron chi connectivity index (χ1n) is 15.5. The number of para-hydroxylation sites is 6. The zero-order valence-corrected chi connectivity index (χ0v) is 26.2.